The first-order valence-electron chi connectivity index (χ1n) is 6.95. The Labute approximate surface area is 115 Å². The summed E-state index contributed by atoms with van der Waals surface area (Å²) < 4.78 is 5.73. The number of nitrogens with zero attached hydrogens (tertiary/aromatic N) is 1. The molecule has 5 heteroatoms. The van der Waals surface area contributed by atoms with Crippen molar-refractivity contribution >= 4 is 17.7 Å². The van der Waals surface area contributed by atoms with Gasteiger partial charge in [-0.25, -0.2) is 0 Å². The van der Waals surface area contributed by atoms with E-state index in [0.29, 0.717) is 18.4 Å². The van der Waals surface area contributed by atoms with Crippen LogP contribution < -0.4 is 5.73 Å². The summed E-state index contributed by atoms with van der Waals surface area (Å²) in [5.41, 5.74) is 5.43. The largest absolute Gasteiger partial charge is 0.378 e. The van der Waals surface area contributed by atoms with Crippen LogP contribution in [0.5, 0.6) is 0 Å². The number of likely N-dealkylation sites (tertiary alicyclic amines) is 1. The Morgan fingerprint density at radius 2 is 2.17 bits per heavy atom. The molecule has 1 rings (SSSR count). The maximum absolute atomic E-state index is 11.9. The highest BCUT2D eigenvalue weighted by atomic mass is 32.2. The van der Waals surface area contributed by atoms with E-state index in [-0.39, 0.29) is 5.91 Å². The van der Waals surface area contributed by atoms with Crippen LogP contribution in [0.4, 0.5) is 0 Å². The minimum absolute atomic E-state index is 0.286. The summed E-state index contributed by atoms with van der Waals surface area (Å²) in [5, 5.41) is 0. The first-order valence-corrected chi connectivity index (χ1v) is 8.10. The first-order chi connectivity index (χ1) is 8.77. The van der Waals surface area contributed by atoms with Gasteiger partial charge in [-0.1, -0.05) is 6.92 Å². The maximum atomic E-state index is 11.9. The summed E-state index contributed by atoms with van der Waals surface area (Å²) >= 11 is 1.74. The maximum Gasteiger partial charge on any atom is 0.232 e. The average molecular weight is 274 g/mol. The third-order valence-electron chi connectivity index (χ3n) is 3.07. The molecule has 1 saturated heterocycles. The molecular weight excluding hydrogens is 248 g/mol. The van der Waals surface area contributed by atoms with Crippen molar-refractivity contribution < 1.29 is 9.53 Å². The lowest BCUT2D eigenvalue weighted by Crippen LogP contribution is -2.41. The van der Waals surface area contributed by atoms with Gasteiger partial charge < -0.3 is 15.4 Å². The van der Waals surface area contributed by atoms with Crippen LogP contribution in [-0.2, 0) is 9.53 Å². The highest BCUT2D eigenvalue weighted by molar-refractivity contribution is 7.99. The minimum Gasteiger partial charge on any atom is -0.378 e. The molecule has 0 aliphatic carbocycles. The van der Waals surface area contributed by atoms with Gasteiger partial charge in [-0.3, -0.25) is 4.79 Å². The Morgan fingerprint density at radius 3 is 2.78 bits per heavy atom. The number of carbonyl (C=O) groups excluding carboxylic acids is 1. The Hall–Kier alpha value is -0.260. The molecule has 106 valence electrons. The molecule has 0 saturated carbocycles. The molecule has 0 aromatic heterocycles. The van der Waals surface area contributed by atoms with Crippen molar-refractivity contribution in [2.24, 2.45) is 5.73 Å². The summed E-state index contributed by atoms with van der Waals surface area (Å²) in [6, 6.07) is 0. The Morgan fingerprint density at radius 1 is 1.44 bits per heavy atom. The SMILES string of the molecule is CCCSCC(=O)N1CCC(OCCCN)CC1. The molecule has 0 atom stereocenters. The molecule has 2 N–H and O–H groups in total. The fourth-order valence-electron chi connectivity index (χ4n) is 2.00. The fraction of sp³-hybridized carbons (Fsp3) is 0.923. The van der Waals surface area contributed by atoms with Gasteiger partial charge in [0.15, 0.2) is 0 Å². The highest BCUT2D eigenvalue weighted by Gasteiger charge is 2.22. The number of carbonyl (C=O) groups is 1. The van der Waals surface area contributed by atoms with Crippen LogP contribution in [0.2, 0.25) is 0 Å². The van der Waals surface area contributed by atoms with E-state index in [0.717, 1.165) is 51.1 Å². The number of ether oxygens (including phenoxy) is 1. The van der Waals surface area contributed by atoms with Crippen LogP contribution in [0.25, 0.3) is 0 Å². The number of rotatable bonds is 8. The third-order valence-corrected chi connectivity index (χ3v) is 4.22. The number of hydrogen-bond acceptors (Lipinski definition) is 4. The van der Waals surface area contributed by atoms with E-state index in [4.69, 9.17) is 10.5 Å². The number of piperidine rings is 1. The van der Waals surface area contributed by atoms with Crippen molar-refractivity contribution in [3.63, 3.8) is 0 Å². The molecule has 0 radical (unpaired) electrons. The molecule has 0 aromatic rings. The van der Waals surface area contributed by atoms with E-state index < -0.39 is 0 Å². The number of nitrogens with two attached hydrogens (primary N) is 1. The second kappa shape index (κ2) is 9.64. The van der Waals surface area contributed by atoms with Crippen LogP contribution >= 0.6 is 11.8 Å². The summed E-state index contributed by atoms with van der Waals surface area (Å²) in [5.74, 6) is 1.99. The Kier molecular flexibility index (Phi) is 8.46. The van der Waals surface area contributed by atoms with E-state index in [2.05, 4.69) is 6.92 Å². The van der Waals surface area contributed by atoms with Gasteiger partial charge in [-0.2, -0.15) is 11.8 Å². The molecule has 4 nitrogen and oxygen atoms in total. The highest BCUT2D eigenvalue weighted by Crippen LogP contribution is 2.15. The average Bonchev–Trinajstić information content (AvgIpc) is 2.40. The number of thioether (sulfide) groups is 1. The second-order valence-corrected chi connectivity index (χ2v) is 5.75. The zero-order valence-electron chi connectivity index (χ0n) is 11.4. The molecule has 0 aromatic carbocycles. The Balaban J connectivity index is 2.12. The standard InChI is InChI=1S/C13H26N2O2S/c1-2-10-18-11-13(16)15-7-4-12(5-8-15)17-9-3-6-14/h12H,2-11,14H2,1H3. The predicted molar refractivity (Wildman–Crippen MR) is 76.8 cm³/mol. The van der Waals surface area contributed by atoms with Gasteiger partial charge in [0.1, 0.15) is 0 Å². The third kappa shape index (κ3) is 6.07. The summed E-state index contributed by atoms with van der Waals surface area (Å²) in [4.78, 5) is 13.9. The smallest absolute Gasteiger partial charge is 0.232 e. The van der Waals surface area contributed by atoms with Gasteiger partial charge in [-0.15, -0.1) is 0 Å². The predicted octanol–water partition coefficient (Wildman–Crippen LogP) is 1.49. The molecule has 1 heterocycles. The van der Waals surface area contributed by atoms with E-state index in [1.165, 1.54) is 0 Å². The molecule has 1 amide bonds. The molecule has 18 heavy (non-hydrogen) atoms. The normalized spacial score (nSPS) is 17.1. The summed E-state index contributed by atoms with van der Waals surface area (Å²) in [7, 11) is 0. The number of amides is 1. The lowest BCUT2D eigenvalue weighted by Gasteiger charge is -2.32. The minimum atomic E-state index is 0.286. The van der Waals surface area contributed by atoms with Crippen molar-refractivity contribution in [2.75, 3.05) is 37.7 Å². The van der Waals surface area contributed by atoms with Crippen LogP contribution in [0.15, 0.2) is 0 Å². The van der Waals surface area contributed by atoms with E-state index >= 15 is 0 Å². The van der Waals surface area contributed by atoms with Crippen LogP contribution in [-0.4, -0.2) is 54.7 Å². The van der Waals surface area contributed by atoms with Crippen molar-refractivity contribution in [3.8, 4) is 0 Å². The van der Waals surface area contributed by atoms with E-state index in [1.54, 1.807) is 11.8 Å². The fourth-order valence-corrected chi connectivity index (χ4v) is 2.79. The quantitative estimate of drug-likeness (QED) is 0.681. The van der Waals surface area contributed by atoms with Crippen LogP contribution in [0.1, 0.15) is 32.6 Å². The van der Waals surface area contributed by atoms with Gasteiger partial charge >= 0.3 is 0 Å². The van der Waals surface area contributed by atoms with Gasteiger partial charge in [-0.05, 0) is 38.0 Å². The summed E-state index contributed by atoms with van der Waals surface area (Å²) in [6.45, 7) is 5.27. The van der Waals surface area contributed by atoms with E-state index in [9.17, 15) is 4.79 Å². The van der Waals surface area contributed by atoms with Crippen molar-refractivity contribution in [1.82, 2.24) is 4.90 Å². The zero-order chi connectivity index (χ0) is 13.2. The van der Waals surface area contributed by atoms with Crippen LogP contribution in [0, 0.1) is 0 Å². The van der Waals surface area contributed by atoms with Gasteiger partial charge in [0.25, 0.3) is 0 Å². The molecule has 0 unspecified atom stereocenters. The zero-order valence-corrected chi connectivity index (χ0v) is 12.2. The lowest BCUT2D eigenvalue weighted by molar-refractivity contribution is -0.130. The molecule has 0 bridgehead atoms. The molecule has 1 aliphatic rings. The molecular formula is C13H26N2O2S. The number of hydrogen-bond donors (Lipinski definition) is 1. The van der Waals surface area contributed by atoms with Crippen molar-refractivity contribution in [3.05, 3.63) is 0 Å². The van der Waals surface area contributed by atoms with E-state index in [1.807, 2.05) is 4.90 Å². The van der Waals surface area contributed by atoms with Crippen molar-refractivity contribution in [2.45, 2.75) is 38.7 Å². The van der Waals surface area contributed by atoms with Crippen molar-refractivity contribution in [1.29, 1.82) is 0 Å². The topological polar surface area (TPSA) is 55.6 Å². The Bertz CT molecular complexity index is 231. The molecule has 1 aliphatic heterocycles. The lowest BCUT2D eigenvalue weighted by atomic mass is 10.1. The monoisotopic (exact) mass is 274 g/mol. The van der Waals surface area contributed by atoms with Gasteiger partial charge in [0.2, 0.25) is 5.91 Å². The first kappa shape index (κ1) is 15.8. The van der Waals surface area contributed by atoms with Gasteiger partial charge in [0.05, 0.1) is 11.9 Å². The van der Waals surface area contributed by atoms with Crippen LogP contribution in [0.3, 0.4) is 0 Å². The summed E-state index contributed by atoms with van der Waals surface area (Å²) in [6.07, 6.45) is 4.31. The molecule has 0 spiro atoms. The van der Waals surface area contributed by atoms with Gasteiger partial charge in [0, 0.05) is 19.7 Å². The second-order valence-electron chi connectivity index (χ2n) is 4.65. The molecule has 1 fully saturated rings.